The van der Waals surface area contributed by atoms with Crippen LogP contribution in [0.25, 0.3) is 0 Å². The molecular formula is C16H28O5. The fourth-order valence-corrected chi connectivity index (χ4v) is 3.41. The molecule has 0 aromatic rings. The molecule has 2 fully saturated rings. The molecule has 2 heterocycles. The number of carbonyl (C=O) groups excluding carboxylic acids is 1. The number of unbranched alkanes of at least 4 members (excludes halogenated alkanes) is 5. The summed E-state index contributed by atoms with van der Waals surface area (Å²) in [6, 6.07) is 0. The molecule has 0 radical (unpaired) electrons. The van der Waals surface area contributed by atoms with Crippen LogP contribution in [-0.2, 0) is 19.3 Å². The average molecular weight is 300 g/mol. The molecule has 5 nitrogen and oxygen atoms in total. The second-order valence-electron chi connectivity index (χ2n) is 6.88. The number of carbonyl (C=O) groups is 1. The second-order valence-corrected chi connectivity index (χ2v) is 6.88. The minimum Gasteiger partial charge on any atom is -0.456 e. The predicted molar refractivity (Wildman–Crippen MR) is 77.5 cm³/mol. The fourth-order valence-electron chi connectivity index (χ4n) is 3.41. The summed E-state index contributed by atoms with van der Waals surface area (Å²) in [5.74, 6) is -0.195. The summed E-state index contributed by atoms with van der Waals surface area (Å²) in [5, 5.41) is 8.72. The van der Waals surface area contributed by atoms with Crippen molar-refractivity contribution in [2.75, 3.05) is 6.61 Å². The Bertz CT molecular complexity index is 359. The van der Waals surface area contributed by atoms with Crippen LogP contribution in [0.4, 0.5) is 0 Å². The smallest absolute Gasteiger partial charge is 0.309 e. The predicted octanol–water partition coefficient (Wildman–Crippen LogP) is 2.89. The van der Waals surface area contributed by atoms with E-state index < -0.39 is 5.60 Å². The molecule has 0 aromatic carbocycles. The lowest BCUT2D eigenvalue weighted by atomic mass is 9.82. The van der Waals surface area contributed by atoms with Crippen LogP contribution in [0.3, 0.4) is 0 Å². The van der Waals surface area contributed by atoms with E-state index in [0.717, 1.165) is 32.1 Å². The lowest BCUT2D eigenvalue weighted by Gasteiger charge is -2.43. The fraction of sp³-hybridized carbons (Fsp3) is 0.938. The highest BCUT2D eigenvalue weighted by molar-refractivity contribution is 5.73. The number of hydrogen-bond donors (Lipinski definition) is 1. The third-order valence-electron chi connectivity index (χ3n) is 4.58. The zero-order chi connectivity index (χ0) is 15.3. The Balaban J connectivity index is 1.69. The van der Waals surface area contributed by atoms with Crippen molar-refractivity contribution in [1.29, 1.82) is 0 Å². The zero-order valence-electron chi connectivity index (χ0n) is 13.2. The van der Waals surface area contributed by atoms with Gasteiger partial charge in [-0.2, -0.15) is 0 Å². The molecule has 0 unspecified atom stereocenters. The summed E-state index contributed by atoms with van der Waals surface area (Å²) in [6.45, 7) is 4.27. The molecule has 0 bridgehead atoms. The third kappa shape index (κ3) is 4.41. The molecule has 21 heavy (non-hydrogen) atoms. The SMILES string of the molecule is C[C@]1(CCCCCCCCO)C[C@]2(C)OC(=O)C[C@@H]2OO1. The molecule has 122 valence electrons. The van der Waals surface area contributed by atoms with E-state index in [1.54, 1.807) is 0 Å². The van der Waals surface area contributed by atoms with Crippen LogP contribution in [0.1, 0.15) is 71.6 Å². The molecule has 2 aliphatic heterocycles. The minimum atomic E-state index is -0.536. The first-order valence-electron chi connectivity index (χ1n) is 8.15. The van der Waals surface area contributed by atoms with Crippen molar-refractivity contribution >= 4 is 5.97 Å². The summed E-state index contributed by atoms with van der Waals surface area (Å²) in [7, 11) is 0. The van der Waals surface area contributed by atoms with Crippen molar-refractivity contribution in [3.05, 3.63) is 0 Å². The second kappa shape index (κ2) is 7.07. The Kier molecular flexibility index (Phi) is 5.63. The number of hydrogen-bond acceptors (Lipinski definition) is 5. The summed E-state index contributed by atoms with van der Waals surface area (Å²) in [5.41, 5.74) is -0.911. The van der Waals surface area contributed by atoms with E-state index in [2.05, 4.69) is 0 Å². The monoisotopic (exact) mass is 300 g/mol. The van der Waals surface area contributed by atoms with Crippen LogP contribution in [0, 0.1) is 0 Å². The summed E-state index contributed by atoms with van der Waals surface area (Å²) < 4.78 is 5.45. The number of ether oxygens (including phenoxy) is 1. The normalized spacial score (nSPS) is 35.6. The van der Waals surface area contributed by atoms with Crippen LogP contribution < -0.4 is 0 Å². The quantitative estimate of drug-likeness (QED) is 0.424. The Labute approximate surface area is 126 Å². The molecule has 5 heteroatoms. The first kappa shape index (κ1) is 16.7. The van der Waals surface area contributed by atoms with Gasteiger partial charge in [0, 0.05) is 13.0 Å². The van der Waals surface area contributed by atoms with Crippen LogP contribution in [0.15, 0.2) is 0 Å². The van der Waals surface area contributed by atoms with E-state index in [1.807, 2.05) is 13.8 Å². The molecule has 3 atom stereocenters. The Morgan fingerprint density at radius 3 is 2.52 bits per heavy atom. The van der Waals surface area contributed by atoms with Crippen LogP contribution in [-0.4, -0.2) is 35.0 Å². The van der Waals surface area contributed by atoms with Gasteiger partial charge in [-0.1, -0.05) is 32.1 Å². The largest absolute Gasteiger partial charge is 0.456 e. The number of rotatable bonds is 8. The van der Waals surface area contributed by atoms with Gasteiger partial charge in [-0.05, 0) is 26.7 Å². The summed E-state index contributed by atoms with van der Waals surface area (Å²) >= 11 is 0. The molecule has 2 aliphatic rings. The molecule has 0 amide bonds. The van der Waals surface area contributed by atoms with E-state index in [4.69, 9.17) is 19.6 Å². The molecule has 0 spiro atoms. The van der Waals surface area contributed by atoms with Crippen molar-refractivity contribution in [3.63, 3.8) is 0 Å². The Morgan fingerprint density at radius 2 is 1.81 bits per heavy atom. The van der Waals surface area contributed by atoms with Gasteiger partial charge in [0.2, 0.25) is 0 Å². The molecular weight excluding hydrogens is 272 g/mol. The van der Waals surface area contributed by atoms with E-state index in [1.165, 1.54) is 12.8 Å². The number of aliphatic hydroxyl groups is 1. The highest BCUT2D eigenvalue weighted by atomic mass is 17.2. The van der Waals surface area contributed by atoms with Crippen molar-refractivity contribution in [1.82, 2.24) is 0 Å². The van der Waals surface area contributed by atoms with Gasteiger partial charge in [0.1, 0.15) is 17.3 Å². The zero-order valence-corrected chi connectivity index (χ0v) is 13.2. The van der Waals surface area contributed by atoms with Gasteiger partial charge in [-0.3, -0.25) is 4.79 Å². The molecule has 2 saturated heterocycles. The summed E-state index contributed by atoms with van der Waals surface area (Å²) in [4.78, 5) is 22.4. The molecule has 0 aromatic heterocycles. The maximum absolute atomic E-state index is 11.4. The topological polar surface area (TPSA) is 65.0 Å². The van der Waals surface area contributed by atoms with Gasteiger partial charge < -0.3 is 9.84 Å². The van der Waals surface area contributed by atoms with Crippen molar-refractivity contribution in [2.45, 2.75) is 88.9 Å². The van der Waals surface area contributed by atoms with E-state index in [9.17, 15) is 4.79 Å². The van der Waals surface area contributed by atoms with Gasteiger partial charge in [0.05, 0.1) is 6.42 Å². The summed E-state index contributed by atoms with van der Waals surface area (Å²) in [6.07, 6.45) is 8.22. The van der Waals surface area contributed by atoms with Crippen LogP contribution in [0.5, 0.6) is 0 Å². The van der Waals surface area contributed by atoms with E-state index in [-0.39, 0.29) is 24.1 Å². The number of aliphatic hydroxyl groups excluding tert-OH is 1. The number of esters is 1. The maximum Gasteiger partial charge on any atom is 0.309 e. The Hall–Kier alpha value is -0.650. The lowest BCUT2D eigenvalue weighted by Crippen LogP contribution is -2.51. The third-order valence-corrected chi connectivity index (χ3v) is 4.58. The van der Waals surface area contributed by atoms with E-state index in [0.29, 0.717) is 13.0 Å². The van der Waals surface area contributed by atoms with Crippen LogP contribution >= 0.6 is 0 Å². The average Bonchev–Trinajstić information content (AvgIpc) is 2.70. The minimum absolute atomic E-state index is 0.195. The maximum atomic E-state index is 11.4. The molecule has 2 rings (SSSR count). The van der Waals surface area contributed by atoms with E-state index >= 15 is 0 Å². The van der Waals surface area contributed by atoms with Gasteiger partial charge in [0.15, 0.2) is 0 Å². The highest BCUT2D eigenvalue weighted by Gasteiger charge is 2.55. The first-order valence-corrected chi connectivity index (χ1v) is 8.15. The van der Waals surface area contributed by atoms with Crippen molar-refractivity contribution in [2.24, 2.45) is 0 Å². The first-order chi connectivity index (χ1) is 9.97. The van der Waals surface area contributed by atoms with Gasteiger partial charge in [-0.25, -0.2) is 9.78 Å². The molecule has 1 N–H and O–H groups in total. The van der Waals surface area contributed by atoms with Crippen molar-refractivity contribution in [3.8, 4) is 0 Å². The van der Waals surface area contributed by atoms with Gasteiger partial charge >= 0.3 is 5.97 Å². The lowest BCUT2D eigenvalue weighted by molar-refractivity contribution is -0.428. The standard InChI is InChI=1S/C16H28O5/c1-15(9-7-5-3-4-6-8-10-17)12-16(2)13(20-21-15)11-14(18)19-16/h13,17H,3-12H2,1-2H3/t13-,15-,16-/m0/s1. The van der Waals surface area contributed by atoms with Gasteiger partial charge in [0.25, 0.3) is 0 Å². The van der Waals surface area contributed by atoms with Crippen molar-refractivity contribution < 1.29 is 24.4 Å². The highest BCUT2D eigenvalue weighted by Crippen LogP contribution is 2.44. The molecule has 0 aliphatic carbocycles. The Morgan fingerprint density at radius 1 is 1.14 bits per heavy atom. The number of fused-ring (bicyclic) bond motifs is 1. The molecule has 0 saturated carbocycles. The van der Waals surface area contributed by atoms with Gasteiger partial charge in [-0.15, -0.1) is 0 Å². The van der Waals surface area contributed by atoms with Crippen LogP contribution in [0.2, 0.25) is 0 Å².